The lowest BCUT2D eigenvalue weighted by Gasteiger charge is -2.16. The maximum atomic E-state index is 12.4. The molecule has 0 amide bonds. The van der Waals surface area contributed by atoms with Crippen molar-refractivity contribution in [3.8, 4) is 0 Å². The number of benzene rings is 2. The lowest BCUT2D eigenvalue weighted by Crippen LogP contribution is -2.19. The van der Waals surface area contributed by atoms with Gasteiger partial charge in [0.2, 0.25) is 0 Å². The number of aliphatic hydroxyl groups excluding tert-OH is 1. The Morgan fingerprint density at radius 3 is 2.30 bits per heavy atom. The van der Waals surface area contributed by atoms with Gasteiger partial charge < -0.3 is 5.11 Å². The monoisotopic (exact) mass is 335 g/mol. The van der Waals surface area contributed by atoms with Crippen LogP contribution in [0.15, 0.2) is 54.6 Å². The number of nitro benzene ring substituents is 1. The standard InChI is InChI=1S/C16H17NO5S/c1-12(13-6-3-2-4-7-13)23(21,22)11-16(18)14-8-5-9-15(10-14)17(19)20/h2-10,12,16,18H,11H2,1H3. The quantitative estimate of drug-likeness (QED) is 0.646. The zero-order valence-electron chi connectivity index (χ0n) is 12.5. The molecule has 0 radical (unpaired) electrons. The van der Waals surface area contributed by atoms with Crippen molar-refractivity contribution in [3.63, 3.8) is 0 Å². The van der Waals surface area contributed by atoms with E-state index < -0.39 is 31.9 Å². The van der Waals surface area contributed by atoms with Gasteiger partial charge >= 0.3 is 0 Å². The second-order valence-corrected chi connectivity index (χ2v) is 7.62. The van der Waals surface area contributed by atoms with Gasteiger partial charge in [-0.2, -0.15) is 0 Å². The molecule has 2 rings (SSSR count). The van der Waals surface area contributed by atoms with E-state index in [9.17, 15) is 23.6 Å². The van der Waals surface area contributed by atoms with Gasteiger partial charge in [-0.3, -0.25) is 10.1 Å². The van der Waals surface area contributed by atoms with E-state index >= 15 is 0 Å². The molecule has 2 aromatic rings. The summed E-state index contributed by atoms with van der Waals surface area (Å²) in [6.45, 7) is 1.56. The highest BCUT2D eigenvalue weighted by Crippen LogP contribution is 2.27. The average molecular weight is 335 g/mol. The number of aliphatic hydroxyl groups is 1. The Labute approximate surface area is 134 Å². The summed E-state index contributed by atoms with van der Waals surface area (Å²) in [5.74, 6) is -0.496. The Bertz CT molecular complexity index is 789. The van der Waals surface area contributed by atoms with E-state index in [0.29, 0.717) is 5.56 Å². The van der Waals surface area contributed by atoms with Crippen LogP contribution < -0.4 is 0 Å². The molecule has 0 aliphatic heterocycles. The largest absolute Gasteiger partial charge is 0.387 e. The summed E-state index contributed by atoms with van der Waals surface area (Å²) < 4.78 is 24.9. The molecule has 7 heteroatoms. The number of nitro groups is 1. The lowest BCUT2D eigenvalue weighted by molar-refractivity contribution is -0.385. The van der Waals surface area contributed by atoms with Crippen molar-refractivity contribution >= 4 is 15.5 Å². The molecule has 0 saturated heterocycles. The van der Waals surface area contributed by atoms with Gasteiger partial charge in [0.05, 0.1) is 22.0 Å². The van der Waals surface area contributed by atoms with E-state index in [1.807, 2.05) is 0 Å². The number of hydrogen-bond donors (Lipinski definition) is 1. The average Bonchev–Trinajstić information content (AvgIpc) is 2.54. The molecule has 0 heterocycles. The van der Waals surface area contributed by atoms with Crippen LogP contribution in [0.5, 0.6) is 0 Å². The summed E-state index contributed by atoms with van der Waals surface area (Å²) in [6.07, 6.45) is -1.31. The Hall–Kier alpha value is -2.25. The van der Waals surface area contributed by atoms with Gasteiger partial charge in [-0.1, -0.05) is 42.5 Å². The molecule has 0 spiro atoms. The minimum atomic E-state index is -3.61. The van der Waals surface area contributed by atoms with Gasteiger partial charge in [-0.15, -0.1) is 0 Å². The fourth-order valence-electron chi connectivity index (χ4n) is 2.24. The fraction of sp³-hybridized carbons (Fsp3) is 0.250. The molecule has 0 saturated carbocycles. The van der Waals surface area contributed by atoms with Gasteiger partial charge in [-0.25, -0.2) is 8.42 Å². The second kappa shape index (κ2) is 6.89. The molecule has 2 atom stereocenters. The number of hydrogen-bond acceptors (Lipinski definition) is 5. The highest BCUT2D eigenvalue weighted by Gasteiger charge is 2.27. The van der Waals surface area contributed by atoms with E-state index in [2.05, 4.69) is 0 Å². The highest BCUT2D eigenvalue weighted by atomic mass is 32.2. The number of non-ortho nitro benzene ring substituents is 1. The molecule has 1 N–H and O–H groups in total. The summed E-state index contributed by atoms with van der Waals surface area (Å²) in [5, 5.41) is 20.1. The molecule has 2 aromatic carbocycles. The van der Waals surface area contributed by atoms with Crippen LogP contribution in [0.4, 0.5) is 5.69 Å². The summed E-state index contributed by atoms with van der Waals surface area (Å²) in [6, 6.07) is 14.1. The maximum absolute atomic E-state index is 12.4. The minimum Gasteiger partial charge on any atom is -0.387 e. The predicted molar refractivity (Wildman–Crippen MR) is 86.7 cm³/mol. The van der Waals surface area contributed by atoms with Crippen molar-refractivity contribution in [3.05, 3.63) is 75.8 Å². The summed E-state index contributed by atoms with van der Waals surface area (Å²) >= 11 is 0. The van der Waals surface area contributed by atoms with Crippen LogP contribution in [0.3, 0.4) is 0 Å². The van der Waals surface area contributed by atoms with Crippen molar-refractivity contribution in [2.45, 2.75) is 18.3 Å². The Balaban J connectivity index is 2.20. The smallest absolute Gasteiger partial charge is 0.269 e. The summed E-state index contributed by atoms with van der Waals surface area (Å²) in [5.41, 5.74) is 0.664. The van der Waals surface area contributed by atoms with E-state index in [1.165, 1.54) is 24.3 Å². The van der Waals surface area contributed by atoms with E-state index in [-0.39, 0.29) is 11.3 Å². The van der Waals surface area contributed by atoms with Crippen LogP contribution in [0.1, 0.15) is 29.4 Å². The third kappa shape index (κ3) is 4.14. The van der Waals surface area contributed by atoms with Crippen LogP contribution in [-0.2, 0) is 9.84 Å². The van der Waals surface area contributed by atoms with Crippen molar-refractivity contribution in [1.29, 1.82) is 0 Å². The number of rotatable bonds is 6. The molecule has 0 aromatic heterocycles. The summed E-state index contributed by atoms with van der Waals surface area (Å²) in [4.78, 5) is 10.2. The molecular weight excluding hydrogens is 318 g/mol. The Kier molecular flexibility index (Phi) is 5.12. The molecule has 0 aliphatic rings. The van der Waals surface area contributed by atoms with Crippen LogP contribution in [0, 0.1) is 10.1 Å². The molecular formula is C16H17NO5S. The van der Waals surface area contributed by atoms with Gasteiger partial charge in [-0.05, 0) is 18.1 Å². The first-order valence-corrected chi connectivity index (χ1v) is 8.72. The van der Waals surface area contributed by atoms with Crippen LogP contribution >= 0.6 is 0 Å². The molecule has 0 fully saturated rings. The lowest BCUT2D eigenvalue weighted by atomic mass is 10.1. The van der Waals surface area contributed by atoms with Crippen LogP contribution in [0.2, 0.25) is 0 Å². The molecule has 122 valence electrons. The normalized spacial score (nSPS) is 14.2. The van der Waals surface area contributed by atoms with Gasteiger partial charge in [0.15, 0.2) is 9.84 Å². The van der Waals surface area contributed by atoms with Crippen LogP contribution in [0.25, 0.3) is 0 Å². The van der Waals surface area contributed by atoms with Gasteiger partial charge in [0.1, 0.15) is 0 Å². The predicted octanol–water partition coefficient (Wildman–Crippen LogP) is 2.80. The zero-order valence-corrected chi connectivity index (χ0v) is 13.3. The topological polar surface area (TPSA) is 97.5 Å². The summed E-state index contributed by atoms with van der Waals surface area (Å²) in [7, 11) is -3.61. The first-order chi connectivity index (χ1) is 10.8. The zero-order chi connectivity index (χ0) is 17.0. The molecule has 0 aliphatic carbocycles. The Morgan fingerprint density at radius 1 is 1.09 bits per heavy atom. The first-order valence-electron chi connectivity index (χ1n) is 7.00. The maximum Gasteiger partial charge on any atom is 0.269 e. The Morgan fingerprint density at radius 2 is 1.70 bits per heavy atom. The van der Waals surface area contributed by atoms with Gasteiger partial charge in [0, 0.05) is 12.1 Å². The van der Waals surface area contributed by atoms with Crippen molar-refractivity contribution in [2.24, 2.45) is 0 Å². The first kappa shape index (κ1) is 17.1. The third-order valence-electron chi connectivity index (χ3n) is 3.66. The van der Waals surface area contributed by atoms with E-state index in [4.69, 9.17) is 0 Å². The second-order valence-electron chi connectivity index (χ2n) is 5.25. The van der Waals surface area contributed by atoms with E-state index in [0.717, 1.165) is 0 Å². The SMILES string of the molecule is CC(c1ccccc1)S(=O)(=O)CC(O)c1cccc([N+](=O)[O-])c1. The van der Waals surface area contributed by atoms with Crippen molar-refractivity contribution in [1.82, 2.24) is 0 Å². The fourth-order valence-corrected chi connectivity index (χ4v) is 3.73. The van der Waals surface area contributed by atoms with Crippen molar-refractivity contribution < 1.29 is 18.4 Å². The van der Waals surface area contributed by atoms with Gasteiger partial charge in [0.25, 0.3) is 5.69 Å². The molecule has 2 unspecified atom stereocenters. The number of sulfone groups is 1. The minimum absolute atomic E-state index is 0.185. The number of nitrogens with zero attached hydrogens (tertiary/aromatic N) is 1. The highest BCUT2D eigenvalue weighted by molar-refractivity contribution is 7.91. The molecule has 23 heavy (non-hydrogen) atoms. The third-order valence-corrected chi connectivity index (χ3v) is 5.79. The molecule has 0 bridgehead atoms. The van der Waals surface area contributed by atoms with Crippen LogP contribution in [-0.4, -0.2) is 24.2 Å². The molecule has 6 nitrogen and oxygen atoms in total. The van der Waals surface area contributed by atoms with Crippen molar-refractivity contribution in [2.75, 3.05) is 5.75 Å². The van der Waals surface area contributed by atoms with E-state index in [1.54, 1.807) is 37.3 Å².